The minimum absolute atomic E-state index is 0.168. The molecular weight excluding hydrogens is 334 g/mol. The summed E-state index contributed by atoms with van der Waals surface area (Å²) in [6.07, 6.45) is 3.63. The number of hydrogen-bond acceptors (Lipinski definition) is 3. The fourth-order valence-electron chi connectivity index (χ4n) is 3.73. The van der Waals surface area contributed by atoms with Gasteiger partial charge in [0.15, 0.2) is 0 Å². The Hall–Kier alpha value is -2.18. The van der Waals surface area contributed by atoms with E-state index < -0.39 is 10.0 Å². The van der Waals surface area contributed by atoms with Crippen LogP contribution in [0.1, 0.15) is 30.0 Å². The van der Waals surface area contributed by atoms with Gasteiger partial charge in [-0.3, -0.25) is 5.10 Å². The summed E-state index contributed by atoms with van der Waals surface area (Å²) in [6, 6.07) is 13.1. The van der Waals surface area contributed by atoms with Crippen molar-refractivity contribution in [3.63, 3.8) is 0 Å². The van der Waals surface area contributed by atoms with Gasteiger partial charge < -0.3 is 0 Å². The van der Waals surface area contributed by atoms with Crippen molar-refractivity contribution in [1.82, 2.24) is 14.5 Å². The van der Waals surface area contributed by atoms with Gasteiger partial charge in [0.05, 0.1) is 11.1 Å². The molecule has 3 aromatic rings. The third-order valence-electron chi connectivity index (χ3n) is 5.03. The summed E-state index contributed by atoms with van der Waals surface area (Å²) >= 11 is 0. The van der Waals surface area contributed by atoms with E-state index in [1.54, 1.807) is 16.6 Å². The van der Waals surface area contributed by atoms with Crippen LogP contribution in [0.2, 0.25) is 0 Å². The van der Waals surface area contributed by atoms with Crippen molar-refractivity contribution in [3.05, 3.63) is 59.9 Å². The molecule has 0 spiro atoms. The van der Waals surface area contributed by atoms with Gasteiger partial charge in [0.25, 0.3) is 0 Å². The van der Waals surface area contributed by atoms with E-state index in [1.807, 2.05) is 43.3 Å². The molecule has 1 saturated heterocycles. The molecular formula is C19H21N3O2S. The minimum Gasteiger partial charge on any atom is -0.282 e. The Bertz CT molecular complexity index is 1000. The first-order valence-electron chi connectivity index (χ1n) is 8.55. The average molecular weight is 355 g/mol. The van der Waals surface area contributed by atoms with Crippen molar-refractivity contribution in [1.29, 1.82) is 0 Å². The third kappa shape index (κ3) is 2.85. The largest absolute Gasteiger partial charge is 0.282 e. The minimum atomic E-state index is -3.53. The molecule has 4 rings (SSSR count). The smallest absolute Gasteiger partial charge is 0.243 e. The summed E-state index contributed by atoms with van der Waals surface area (Å²) in [7, 11) is -3.53. The third-order valence-corrected chi connectivity index (χ3v) is 6.95. The van der Waals surface area contributed by atoms with Crippen molar-refractivity contribution >= 4 is 20.8 Å². The van der Waals surface area contributed by atoms with Crippen LogP contribution in [0.4, 0.5) is 0 Å². The highest BCUT2D eigenvalue weighted by Gasteiger charge is 2.32. The van der Waals surface area contributed by atoms with Crippen LogP contribution in [0.3, 0.4) is 0 Å². The lowest BCUT2D eigenvalue weighted by Gasteiger charge is -2.32. The molecule has 0 saturated carbocycles. The van der Waals surface area contributed by atoms with Crippen molar-refractivity contribution in [3.8, 4) is 0 Å². The number of nitrogens with zero attached hydrogens (tertiary/aromatic N) is 2. The first-order valence-corrected chi connectivity index (χ1v) is 9.99. The van der Waals surface area contributed by atoms with Gasteiger partial charge in [-0.2, -0.15) is 9.40 Å². The van der Waals surface area contributed by atoms with E-state index in [4.69, 9.17) is 0 Å². The molecule has 130 valence electrons. The molecule has 1 N–H and O–H groups in total. The van der Waals surface area contributed by atoms with Crippen molar-refractivity contribution in [2.45, 2.75) is 30.6 Å². The van der Waals surface area contributed by atoms with E-state index in [0.29, 0.717) is 18.0 Å². The summed E-state index contributed by atoms with van der Waals surface area (Å²) in [5.41, 5.74) is 2.15. The van der Waals surface area contributed by atoms with Crippen molar-refractivity contribution in [2.75, 3.05) is 13.1 Å². The first-order chi connectivity index (χ1) is 12.1. The highest BCUT2D eigenvalue weighted by molar-refractivity contribution is 7.89. The van der Waals surface area contributed by atoms with Crippen molar-refractivity contribution < 1.29 is 8.42 Å². The zero-order valence-electron chi connectivity index (χ0n) is 14.1. The highest BCUT2D eigenvalue weighted by Crippen LogP contribution is 2.32. The summed E-state index contributed by atoms with van der Waals surface area (Å²) in [6.45, 7) is 3.07. The molecule has 1 fully saturated rings. The Morgan fingerprint density at radius 1 is 1.16 bits per heavy atom. The van der Waals surface area contributed by atoms with E-state index in [0.717, 1.165) is 34.9 Å². The monoisotopic (exact) mass is 355 g/mol. The van der Waals surface area contributed by atoms with E-state index in [2.05, 4.69) is 10.2 Å². The number of sulfonamides is 1. The van der Waals surface area contributed by atoms with Gasteiger partial charge in [0.1, 0.15) is 0 Å². The maximum atomic E-state index is 13.3. The van der Waals surface area contributed by atoms with Crippen LogP contribution in [0.5, 0.6) is 0 Å². The zero-order valence-corrected chi connectivity index (χ0v) is 15.0. The Morgan fingerprint density at radius 3 is 2.76 bits per heavy atom. The number of nitrogens with one attached hydrogen (secondary N) is 1. The fourth-order valence-corrected chi connectivity index (χ4v) is 5.46. The standard InChI is InChI=1S/C19H21N3O2S/c1-14-12-20-21-19(14)16-8-5-11-22(13-16)25(23,24)18-10-4-7-15-6-2-3-9-17(15)18/h2-4,6-7,9-10,12,16H,5,8,11,13H2,1H3,(H,20,21)/t16-/m1/s1. The van der Waals surface area contributed by atoms with Gasteiger partial charge >= 0.3 is 0 Å². The van der Waals surface area contributed by atoms with Crippen LogP contribution in [0.15, 0.2) is 53.6 Å². The van der Waals surface area contributed by atoms with Crippen LogP contribution >= 0.6 is 0 Å². The molecule has 25 heavy (non-hydrogen) atoms. The maximum absolute atomic E-state index is 13.3. The van der Waals surface area contributed by atoms with Gasteiger partial charge in [0, 0.05) is 30.1 Å². The number of piperidine rings is 1. The number of H-pyrrole nitrogens is 1. The van der Waals surface area contributed by atoms with Crippen LogP contribution in [-0.2, 0) is 10.0 Å². The molecule has 1 aliphatic heterocycles. The molecule has 0 unspecified atom stereocenters. The second-order valence-corrected chi connectivity index (χ2v) is 8.55. The Balaban J connectivity index is 1.71. The molecule has 5 nitrogen and oxygen atoms in total. The predicted octanol–water partition coefficient (Wildman–Crippen LogP) is 3.44. The summed E-state index contributed by atoms with van der Waals surface area (Å²) in [5, 5.41) is 8.86. The number of aromatic nitrogens is 2. The number of hydrogen-bond donors (Lipinski definition) is 1. The fraction of sp³-hybridized carbons (Fsp3) is 0.316. The normalized spacial score (nSPS) is 19.3. The molecule has 1 aliphatic rings. The highest BCUT2D eigenvalue weighted by atomic mass is 32.2. The van der Waals surface area contributed by atoms with Crippen LogP contribution in [0, 0.1) is 6.92 Å². The topological polar surface area (TPSA) is 66.1 Å². The Morgan fingerprint density at radius 2 is 1.96 bits per heavy atom. The first kappa shape index (κ1) is 16.3. The summed E-state index contributed by atoms with van der Waals surface area (Å²) in [4.78, 5) is 0.396. The molecule has 0 amide bonds. The molecule has 1 aromatic heterocycles. The second-order valence-electron chi connectivity index (χ2n) is 6.65. The molecule has 2 heterocycles. The zero-order chi connectivity index (χ0) is 17.4. The summed E-state index contributed by atoms with van der Waals surface area (Å²) in [5.74, 6) is 0.168. The van der Waals surface area contributed by atoms with E-state index in [1.165, 1.54) is 0 Å². The van der Waals surface area contributed by atoms with Gasteiger partial charge in [-0.1, -0.05) is 36.4 Å². The van der Waals surface area contributed by atoms with Gasteiger partial charge in [0.2, 0.25) is 10.0 Å². The quantitative estimate of drug-likeness (QED) is 0.783. The molecule has 0 radical (unpaired) electrons. The predicted molar refractivity (Wildman–Crippen MR) is 98.0 cm³/mol. The maximum Gasteiger partial charge on any atom is 0.243 e. The van der Waals surface area contributed by atoms with Gasteiger partial charge in [-0.05, 0) is 36.8 Å². The van der Waals surface area contributed by atoms with Crippen molar-refractivity contribution in [2.24, 2.45) is 0 Å². The number of fused-ring (bicyclic) bond motifs is 1. The van der Waals surface area contributed by atoms with E-state index in [9.17, 15) is 8.42 Å². The van der Waals surface area contributed by atoms with E-state index in [-0.39, 0.29) is 5.92 Å². The van der Waals surface area contributed by atoms with E-state index >= 15 is 0 Å². The molecule has 1 atom stereocenters. The lowest BCUT2D eigenvalue weighted by molar-refractivity contribution is 0.312. The van der Waals surface area contributed by atoms with Gasteiger partial charge in [-0.15, -0.1) is 0 Å². The Labute approximate surface area is 147 Å². The average Bonchev–Trinajstić information content (AvgIpc) is 3.07. The lowest BCUT2D eigenvalue weighted by atomic mass is 9.94. The number of rotatable bonds is 3. The number of benzene rings is 2. The van der Waals surface area contributed by atoms with Gasteiger partial charge in [-0.25, -0.2) is 8.42 Å². The Kier molecular flexibility index (Phi) is 4.09. The van der Waals surface area contributed by atoms with Crippen LogP contribution in [-0.4, -0.2) is 36.0 Å². The van der Waals surface area contributed by atoms with Crippen LogP contribution < -0.4 is 0 Å². The lowest BCUT2D eigenvalue weighted by Crippen LogP contribution is -2.39. The molecule has 2 aromatic carbocycles. The molecule has 0 aliphatic carbocycles. The number of aryl methyl sites for hydroxylation is 1. The molecule has 0 bridgehead atoms. The second kappa shape index (κ2) is 6.28. The summed E-state index contributed by atoms with van der Waals surface area (Å²) < 4.78 is 28.2. The van der Waals surface area contributed by atoms with Crippen LogP contribution in [0.25, 0.3) is 10.8 Å². The number of aromatic amines is 1. The molecule has 6 heteroatoms. The SMILES string of the molecule is Cc1cn[nH]c1[C@@H]1CCCN(S(=O)(=O)c2cccc3ccccc23)C1.